The molecule has 1 saturated heterocycles. The number of aryl methyl sites for hydroxylation is 1. The van der Waals surface area contributed by atoms with Crippen molar-refractivity contribution < 1.29 is 9.59 Å². The number of nitrogens with zero attached hydrogens (tertiary/aromatic N) is 1. The van der Waals surface area contributed by atoms with Gasteiger partial charge in [0.05, 0.1) is 0 Å². The molecule has 2 aromatic rings. The third-order valence-electron chi connectivity index (χ3n) is 5.14. The summed E-state index contributed by atoms with van der Waals surface area (Å²) in [4.78, 5) is 25.7. The highest BCUT2D eigenvalue weighted by Gasteiger charge is 2.22. The minimum absolute atomic E-state index is 0.0573. The van der Waals surface area contributed by atoms with Gasteiger partial charge in [0, 0.05) is 32.1 Å². The van der Waals surface area contributed by atoms with Crippen LogP contribution in [0.5, 0.6) is 0 Å². The first kappa shape index (κ1) is 18.2. The lowest BCUT2D eigenvalue weighted by Gasteiger charge is -2.31. The highest BCUT2D eigenvalue weighted by molar-refractivity contribution is 5.92. The van der Waals surface area contributed by atoms with Crippen molar-refractivity contribution in [2.24, 2.45) is 5.92 Å². The lowest BCUT2D eigenvalue weighted by molar-refractivity contribution is -0.130. The average Bonchev–Trinajstić information content (AvgIpc) is 2.64. The summed E-state index contributed by atoms with van der Waals surface area (Å²) in [6.45, 7) is 5.15. The number of carbonyl (C=O) groups excluding carboxylic acids is 2. The smallest absolute Gasteiger partial charge is 0.224 e. The van der Waals surface area contributed by atoms with Crippen molar-refractivity contribution in [1.29, 1.82) is 0 Å². The van der Waals surface area contributed by atoms with Gasteiger partial charge in [-0.3, -0.25) is 9.59 Å². The van der Waals surface area contributed by atoms with Crippen LogP contribution in [-0.2, 0) is 9.59 Å². The van der Waals surface area contributed by atoms with E-state index in [2.05, 4.69) is 23.5 Å². The van der Waals surface area contributed by atoms with E-state index in [1.165, 1.54) is 5.56 Å². The van der Waals surface area contributed by atoms with Crippen LogP contribution < -0.4 is 5.32 Å². The maximum atomic E-state index is 12.4. The fourth-order valence-corrected chi connectivity index (χ4v) is 3.53. The van der Waals surface area contributed by atoms with Gasteiger partial charge in [-0.05, 0) is 54.5 Å². The van der Waals surface area contributed by atoms with Crippen LogP contribution in [0.1, 0.15) is 31.7 Å². The van der Waals surface area contributed by atoms with Gasteiger partial charge >= 0.3 is 0 Å². The van der Waals surface area contributed by atoms with Crippen molar-refractivity contribution in [1.82, 2.24) is 4.90 Å². The molecule has 4 nitrogen and oxygen atoms in total. The minimum Gasteiger partial charge on any atom is -0.343 e. The van der Waals surface area contributed by atoms with Crippen LogP contribution in [0.4, 0.5) is 5.69 Å². The Morgan fingerprint density at radius 1 is 1.04 bits per heavy atom. The molecule has 0 atom stereocenters. The zero-order valence-corrected chi connectivity index (χ0v) is 15.5. The molecular formula is C22H26N2O2. The molecule has 26 heavy (non-hydrogen) atoms. The standard InChI is InChI=1S/C22H26N2O2/c1-16-14-20(19-6-4-3-5-7-19)8-9-21(16)23-22(26)15-18-10-12-24(13-11-18)17(2)25/h3-9,14,18H,10-13,15H2,1-2H3,(H,23,26). The van der Waals surface area contributed by atoms with E-state index in [1.807, 2.05) is 42.2 Å². The SMILES string of the molecule is CC(=O)N1CCC(CC(=O)Nc2ccc(-c3ccccc3)cc2C)CC1. The lowest BCUT2D eigenvalue weighted by Crippen LogP contribution is -2.37. The number of hydrogen-bond acceptors (Lipinski definition) is 2. The first-order valence-corrected chi connectivity index (χ1v) is 9.24. The number of rotatable bonds is 4. The van der Waals surface area contributed by atoms with Gasteiger partial charge in [0.1, 0.15) is 0 Å². The Hall–Kier alpha value is -2.62. The van der Waals surface area contributed by atoms with Crippen LogP contribution in [0.2, 0.25) is 0 Å². The van der Waals surface area contributed by atoms with Gasteiger partial charge in [-0.2, -0.15) is 0 Å². The summed E-state index contributed by atoms with van der Waals surface area (Å²) in [6.07, 6.45) is 2.32. The van der Waals surface area contributed by atoms with Crippen molar-refractivity contribution in [3.8, 4) is 11.1 Å². The predicted octanol–water partition coefficient (Wildman–Crippen LogP) is 4.25. The largest absolute Gasteiger partial charge is 0.343 e. The molecule has 1 heterocycles. The van der Waals surface area contributed by atoms with E-state index in [-0.39, 0.29) is 11.8 Å². The summed E-state index contributed by atoms with van der Waals surface area (Å²) in [5.74, 6) is 0.540. The van der Waals surface area contributed by atoms with Crippen molar-refractivity contribution in [2.45, 2.75) is 33.1 Å². The van der Waals surface area contributed by atoms with E-state index in [1.54, 1.807) is 6.92 Å². The Bertz CT molecular complexity index is 778. The maximum absolute atomic E-state index is 12.4. The monoisotopic (exact) mass is 350 g/mol. The third kappa shape index (κ3) is 4.51. The number of nitrogens with one attached hydrogen (secondary N) is 1. The summed E-state index contributed by atoms with van der Waals surface area (Å²) in [6, 6.07) is 16.4. The zero-order valence-electron chi connectivity index (χ0n) is 15.5. The van der Waals surface area contributed by atoms with Crippen LogP contribution in [-0.4, -0.2) is 29.8 Å². The van der Waals surface area contributed by atoms with Gasteiger partial charge in [-0.25, -0.2) is 0 Å². The first-order valence-electron chi connectivity index (χ1n) is 9.24. The molecule has 0 spiro atoms. The molecule has 0 saturated carbocycles. The second kappa shape index (κ2) is 8.17. The Balaban J connectivity index is 1.57. The fourth-order valence-electron chi connectivity index (χ4n) is 3.53. The van der Waals surface area contributed by atoms with Gasteiger partial charge in [0.2, 0.25) is 11.8 Å². The molecule has 1 aliphatic heterocycles. The number of hydrogen-bond donors (Lipinski definition) is 1. The summed E-state index contributed by atoms with van der Waals surface area (Å²) < 4.78 is 0. The molecule has 4 heteroatoms. The number of likely N-dealkylation sites (tertiary alicyclic amines) is 1. The molecule has 0 unspecified atom stereocenters. The van der Waals surface area contributed by atoms with E-state index in [0.717, 1.165) is 42.7 Å². The number of piperidine rings is 1. The zero-order chi connectivity index (χ0) is 18.5. The molecule has 2 aromatic carbocycles. The molecular weight excluding hydrogens is 324 g/mol. The number of carbonyl (C=O) groups is 2. The normalized spacial score (nSPS) is 14.9. The van der Waals surface area contributed by atoms with Crippen LogP contribution in [0.3, 0.4) is 0 Å². The van der Waals surface area contributed by atoms with Crippen molar-refractivity contribution in [2.75, 3.05) is 18.4 Å². The molecule has 0 aliphatic carbocycles. The van der Waals surface area contributed by atoms with Gasteiger partial charge in [-0.15, -0.1) is 0 Å². The molecule has 0 radical (unpaired) electrons. The molecule has 1 N–H and O–H groups in total. The van der Waals surface area contributed by atoms with Crippen LogP contribution in [0.15, 0.2) is 48.5 Å². The highest BCUT2D eigenvalue weighted by atomic mass is 16.2. The van der Waals surface area contributed by atoms with E-state index in [9.17, 15) is 9.59 Å². The molecule has 3 rings (SSSR count). The Morgan fingerprint density at radius 3 is 2.35 bits per heavy atom. The third-order valence-corrected chi connectivity index (χ3v) is 5.14. The fraction of sp³-hybridized carbons (Fsp3) is 0.364. The van der Waals surface area contributed by atoms with Gasteiger partial charge in [-0.1, -0.05) is 36.4 Å². The predicted molar refractivity (Wildman–Crippen MR) is 105 cm³/mol. The van der Waals surface area contributed by atoms with Gasteiger partial charge in [0.15, 0.2) is 0 Å². The van der Waals surface area contributed by atoms with Crippen molar-refractivity contribution in [3.05, 3.63) is 54.1 Å². The molecule has 0 aromatic heterocycles. The van der Waals surface area contributed by atoms with E-state index < -0.39 is 0 Å². The molecule has 1 fully saturated rings. The Kier molecular flexibility index (Phi) is 5.71. The summed E-state index contributed by atoms with van der Waals surface area (Å²) >= 11 is 0. The quantitative estimate of drug-likeness (QED) is 0.896. The van der Waals surface area contributed by atoms with E-state index >= 15 is 0 Å². The molecule has 136 valence electrons. The van der Waals surface area contributed by atoms with Crippen LogP contribution in [0, 0.1) is 12.8 Å². The van der Waals surface area contributed by atoms with Crippen molar-refractivity contribution >= 4 is 17.5 Å². The molecule has 2 amide bonds. The summed E-state index contributed by atoms with van der Waals surface area (Å²) in [7, 11) is 0. The lowest BCUT2D eigenvalue weighted by atomic mass is 9.93. The summed E-state index contributed by atoms with van der Waals surface area (Å²) in [5.41, 5.74) is 4.25. The van der Waals surface area contributed by atoms with Crippen LogP contribution >= 0.6 is 0 Å². The number of anilines is 1. The Labute approximate surface area is 155 Å². The number of amides is 2. The highest BCUT2D eigenvalue weighted by Crippen LogP contribution is 2.26. The van der Waals surface area contributed by atoms with Crippen LogP contribution in [0.25, 0.3) is 11.1 Å². The molecule has 0 bridgehead atoms. The first-order chi connectivity index (χ1) is 12.5. The minimum atomic E-state index is 0.0573. The average molecular weight is 350 g/mol. The van der Waals surface area contributed by atoms with E-state index in [0.29, 0.717) is 12.3 Å². The second-order valence-electron chi connectivity index (χ2n) is 7.10. The number of benzene rings is 2. The van der Waals surface area contributed by atoms with E-state index in [4.69, 9.17) is 0 Å². The Morgan fingerprint density at radius 2 is 1.73 bits per heavy atom. The second-order valence-corrected chi connectivity index (χ2v) is 7.10. The summed E-state index contributed by atoms with van der Waals surface area (Å²) in [5, 5.41) is 3.05. The van der Waals surface area contributed by atoms with Crippen molar-refractivity contribution in [3.63, 3.8) is 0 Å². The topological polar surface area (TPSA) is 49.4 Å². The molecule has 1 aliphatic rings. The maximum Gasteiger partial charge on any atom is 0.224 e. The van der Waals surface area contributed by atoms with Gasteiger partial charge in [0.25, 0.3) is 0 Å². The van der Waals surface area contributed by atoms with Gasteiger partial charge < -0.3 is 10.2 Å².